The number of carbonyl (C=O) groups is 4. The summed E-state index contributed by atoms with van der Waals surface area (Å²) in [4.78, 5) is 69.7. The third-order valence-electron chi connectivity index (χ3n) is 13.6. The molecule has 60 heavy (non-hydrogen) atoms. The number of carboxylic acid groups (broad SMARTS) is 1. The highest BCUT2D eigenvalue weighted by Crippen LogP contribution is 2.67. The Morgan fingerprint density at radius 3 is 2.43 bits per heavy atom. The molecule has 3 unspecified atom stereocenters. The van der Waals surface area contributed by atoms with Crippen LogP contribution in [-0.2, 0) is 31.6 Å². The van der Waals surface area contributed by atoms with Gasteiger partial charge in [-0.25, -0.2) is 9.18 Å². The first kappa shape index (κ1) is 41.8. The molecule has 4 aromatic rings. The van der Waals surface area contributed by atoms with Crippen molar-refractivity contribution in [1.82, 2.24) is 19.4 Å². The summed E-state index contributed by atoms with van der Waals surface area (Å²) in [5, 5.41) is 13.5. The number of unbranched alkanes of at least 4 members (excludes halogenated alkanes) is 5. The summed E-state index contributed by atoms with van der Waals surface area (Å²) in [6.07, 6.45) is 9.22. The number of amides is 3. The molecule has 0 radical (unpaired) electrons. The highest BCUT2D eigenvalue weighted by Gasteiger charge is 2.76. The number of rotatable bonds is 10. The van der Waals surface area contributed by atoms with Gasteiger partial charge in [0.25, 0.3) is 0 Å². The number of fused-ring (bicyclic) bond motifs is 4. The molecule has 4 aliphatic rings. The van der Waals surface area contributed by atoms with Crippen molar-refractivity contribution in [3.63, 3.8) is 0 Å². The Morgan fingerprint density at radius 1 is 0.933 bits per heavy atom. The van der Waals surface area contributed by atoms with Crippen molar-refractivity contribution in [2.75, 3.05) is 18.5 Å². The van der Waals surface area contributed by atoms with E-state index in [9.17, 15) is 24.3 Å². The number of hydrogen-bond acceptors (Lipinski definition) is 6. The number of carboxylic acids is 1. The number of aryl methyl sites for hydroxylation is 1. The van der Waals surface area contributed by atoms with E-state index in [1.807, 2.05) is 23.1 Å². The van der Waals surface area contributed by atoms with E-state index in [4.69, 9.17) is 23.2 Å². The Labute approximate surface area is 357 Å². The molecule has 2 saturated heterocycles. The van der Waals surface area contributed by atoms with Gasteiger partial charge in [0.15, 0.2) is 0 Å². The Morgan fingerprint density at radius 2 is 1.68 bits per heavy atom. The van der Waals surface area contributed by atoms with Crippen LogP contribution in [0.2, 0.25) is 10.0 Å². The van der Waals surface area contributed by atoms with Gasteiger partial charge < -0.3 is 10.0 Å². The van der Waals surface area contributed by atoms with Gasteiger partial charge in [-0.3, -0.25) is 38.5 Å². The second-order valence-corrected chi connectivity index (χ2v) is 17.6. The second kappa shape index (κ2) is 16.5. The van der Waals surface area contributed by atoms with E-state index in [1.165, 1.54) is 15.2 Å². The van der Waals surface area contributed by atoms with Crippen molar-refractivity contribution >= 4 is 63.6 Å². The van der Waals surface area contributed by atoms with Crippen molar-refractivity contribution in [3.05, 3.63) is 97.6 Å². The van der Waals surface area contributed by atoms with E-state index < -0.39 is 46.6 Å². The van der Waals surface area contributed by atoms with Crippen LogP contribution in [0.3, 0.4) is 0 Å². The molecule has 14 heteroatoms. The summed E-state index contributed by atoms with van der Waals surface area (Å²) >= 11 is 13.0. The molecule has 11 nitrogen and oxygen atoms in total. The summed E-state index contributed by atoms with van der Waals surface area (Å²) in [6.45, 7) is 0.409. The topological polar surface area (TPSA) is 134 Å². The summed E-state index contributed by atoms with van der Waals surface area (Å²) in [5.74, 6) is 2.59. The zero-order valence-electron chi connectivity index (χ0n) is 33.7. The number of piperidine rings is 1. The molecule has 314 valence electrons. The Bertz CT molecular complexity index is 2530. The molecular weight excluding hydrogens is 808 g/mol. The number of aromatic nitrogens is 2. The Kier molecular flexibility index (Phi) is 11.5. The molecule has 0 bridgehead atoms. The first-order valence-corrected chi connectivity index (χ1v) is 21.6. The minimum absolute atomic E-state index is 0.113. The molecule has 3 amide bonds. The molecule has 1 aliphatic carbocycles. The molecule has 1 saturated carbocycles. The zero-order valence-corrected chi connectivity index (χ0v) is 35.3. The number of hydrogen-bond donors (Lipinski definition) is 2. The summed E-state index contributed by atoms with van der Waals surface area (Å²) < 4.78 is 19.1. The van der Waals surface area contributed by atoms with E-state index in [2.05, 4.69) is 17.2 Å². The first-order chi connectivity index (χ1) is 28.8. The van der Waals surface area contributed by atoms with E-state index in [0.717, 1.165) is 50.5 Å². The summed E-state index contributed by atoms with van der Waals surface area (Å²) in [6, 6.07) is 13.6. The monoisotopic (exact) mass is 855 g/mol. The third kappa shape index (κ3) is 6.64. The van der Waals surface area contributed by atoms with Gasteiger partial charge in [-0.1, -0.05) is 91.8 Å². The number of benzene rings is 3. The number of nitrogens with one attached hydrogen (secondary N) is 1. The van der Waals surface area contributed by atoms with Crippen molar-refractivity contribution in [1.29, 1.82) is 0 Å². The molecule has 3 aliphatic heterocycles. The van der Waals surface area contributed by atoms with E-state index in [1.54, 1.807) is 49.3 Å². The second-order valence-electron chi connectivity index (χ2n) is 16.7. The van der Waals surface area contributed by atoms with Crippen molar-refractivity contribution in [2.24, 2.45) is 7.05 Å². The average Bonchev–Trinajstić information content (AvgIpc) is 3.71. The fraction of sp³-hybridized carbons (Fsp3) is 0.457. The number of likely N-dealkylation sites (tertiary alicyclic amines) is 1. The average molecular weight is 857 g/mol. The quantitative estimate of drug-likeness (QED) is 0.0953. The minimum atomic E-state index is -1.38. The molecule has 2 spiro atoms. The predicted molar refractivity (Wildman–Crippen MR) is 228 cm³/mol. The van der Waals surface area contributed by atoms with Gasteiger partial charge in [-0.2, -0.15) is 0 Å². The number of likely N-dealkylation sites (N-methyl/N-ethyl adjacent to an activating group) is 1. The number of halogens is 3. The normalized spacial score (nSPS) is 23.6. The maximum atomic E-state index is 16.2. The number of anilines is 1. The zero-order chi connectivity index (χ0) is 42.5. The van der Waals surface area contributed by atoms with Crippen LogP contribution >= 0.6 is 23.2 Å². The van der Waals surface area contributed by atoms with Gasteiger partial charge in [-0.05, 0) is 86.7 Å². The predicted octanol–water partition coefficient (Wildman–Crippen LogP) is 7.63. The standard InChI is InChI=1S/C46H48Cl2FN5O6/c1-51-36-26-28(17-20-33(36)54(44(51)60)34-21-22-37(55)50-41(34)56)14-9-6-4-3-5-7-12-25-53-35-27-29(47)18-19-31(35)46(43(53)59)38(30-15-13-16-32(48)39(30)49)40(42(57)58)52(2)45(46)23-10-8-11-24-45/h13,15-20,26-27,34,38,40H,3-8,10-12,21-25H2,1-2H3,(H,57,58)(H,50,55,56)/t34?,38-,40?,46?/m0/s1. The van der Waals surface area contributed by atoms with Gasteiger partial charge in [-0.15, -0.1) is 0 Å². The van der Waals surface area contributed by atoms with Crippen molar-refractivity contribution < 1.29 is 28.7 Å². The fourth-order valence-corrected chi connectivity index (χ4v) is 11.3. The smallest absolute Gasteiger partial charge is 0.329 e. The van der Waals surface area contributed by atoms with Gasteiger partial charge >= 0.3 is 11.7 Å². The number of imidazole rings is 1. The lowest BCUT2D eigenvalue weighted by molar-refractivity contribution is -0.144. The molecule has 4 heterocycles. The van der Waals surface area contributed by atoms with Crippen LogP contribution in [-0.4, -0.2) is 68.0 Å². The lowest BCUT2D eigenvalue weighted by atomic mass is 9.55. The number of imide groups is 1. The number of aliphatic carboxylic acids is 1. The van der Waals surface area contributed by atoms with Crippen molar-refractivity contribution in [2.45, 2.75) is 112 Å². The summed E-state index contributed by atoms with van der Waals surface area (Å²) in [5.41, 5.74) is 0.947. The number of carbonyl (C=O) groups excluding carboxylic acids is 3. The van der Waals surface area contributed by atoms with E-state index in [-0.39, 0.29) is 40.9 Å². The van der Waals surface area contributed by atoms with Gasteiger partial charge in [0.05, 0.1) is 16.1 Å². The molecule has 8 rings (SSSR count). The fourth-order valence-electron chi connectivity index (χ4n) is 11.0. The van der Waals surface area contributed by atoms with E-state index in [0.29, 0.717) is 59.5 Å². The molecule has 2 N–H and O–H groups in total. The number of nitrogens with zero attached hydrogens (tertiary/aromatic N) is 4. The van der Waals surface area contributed by atoms with Crippen LogP contribution in [0.25, 0.3) is 11.0 Å². The Balaban J connectivity index is 0.955. The van der Waals surface area contributed by atoms with Gasteiger partial charge in [0.1, 0.15) is 23.3 Å². The third-order valence-corrected chi connectivity index (χ3v) is 14.2. The molecule has 3 fully saturated rings. The van der Waals surface area contributed by atoms with Crippen molar-refractivity contribution in [3.8, 4) is 11.8 Å². The highest BCUT2D eigenvalue weighted by molar-refractivity contribution is 6.31. The van der Waals surface area contributed by atoms with Crippen LogP contribution < -0.4 is 15.9 Å². The lowest BCUT2D eigenvalue weighted by Crippen LogP contribution is -2.61. The van der Waals surface area contributed by atoms with Crippen LogP contribution in [0.5, 0.6) is 0 Å². The molecule has 4 atom stereocenters. The molecule has 1 aromatic heterocycles. The van der Waals surface area contributed by atoms with Crippen LogP contribution in [0.15, 0.2) is 59.4 Å². The SMILES string of the molecule is CN1C(C(=O)O)[C@H](c2cccc(Cl)c2F)C2(C(=O)N(CCCCCCCC#Cc3ccc4c(c3)n(C)c(=O)n4C3CCC(=O)NC3=O)c3cc(Cl)ccc32)C12CCCCC2. The van der Waals surface area contributed by atoms with Crippen LogP contribution in [0.1, 0.15) is 112 Å². The van der Waals surface area contributed by atoms with Gasteiger partial charge in [0, 0.05) is 54.2 Å². The maximum absolute atomic E-state index is 16.2. The minimum Gasteiger partial charge on any atom is -0.480 e. The first-order valence-electron chi connectivity index (χ1n) is 20.9. The largest absolute Gasteiger partial charge is 0.480 e. The van der Waals surface area contributed by atoms with Gasteiger partial charge in [0.2, 0.25) is 17.7 Å². The van der Waals surface area contributed by atoms with E-state index >= 15 is 9.18 Å². The summed E-state index contributed by atoms with van der Waals surface area (Å²) in [7, 11) is 3.44. The Hall–Kier alpha value is -4.96. The van der Waals surface area contributed by atoms with Crippen LogP contribution in [0, 0.1) is 17.7 Å². The van der Waals surface area contributed by atoms with Crippen LogP contribution in [0.4, 0.5) is 10.1 Å². The highest BCUT2D eigenvalue weighted by atomic mass is 35.5. The molecule has 3 aromatic carbocycles. The molecular formula is C46H48Cl2FN5O6. The maximum Gasteiger partial charge on any atom is 0.329 e. The lowest BCUT2D eigenvalue weighted by Gasteiger charge is -2.50.